The lowest BCUT2D eigenvalue weighted by Crippen LogP contribution is -2.49. The van der Waals surface area contributed by atoms with Crippen molar-refractivity contribution in [2.24, 2.45) is 86.0 Å². The summed E-state index contributed by atoms with van der Waals surface area (Å²) in [5.41, 5.74) is 29.1. The van der Waals surface area contributed by atoms with E-state index in [4.69, 9.17) is 28.7 Å². The topological polar surface area (TPSA) is 426 Å². The van der Waals surface area contributed by atoms with E-state index in [0.717, 1.165) is 5.56 Å². The number of H-pyrrole nitrogens is 1. The SMILES string of the molecule is CC[C@@H](Cc1ccc(O)cc1)C(=O)N[C@@H](CCCN=C(N)N)C(=O)C[C@@H](Cc1cnc[nH]1)C(=O)N[C@@H](CCCN=C(N)N)C(=O)C[C@@H](C)C(=O)N[C@@H](CC(C)C)C(=O)C[C@@H](CC(C)C)C(=O)N[C@@H](CO)C(=O)C[C@H](C(N)=O)[C@@H](C)CC. The minimum absolute atomic E-state index is 0.0146. The van der Waals surface area contributed by atoms with Crippen LogP contribution in [0.5, 0.6) is 5.75 Å². The van der Waals surface area contributed by atoms with Gasteiger partial charge >= 0.3 is 0 Å². The summed E-state index contributed by atoms with van der Waals surface area (Å²) >= 11 is 0. The monoisotopic (exact) mass is 1140 g/mol. The third kappa shape index (κ3) is 26.3. The second-order valence-corrected chi connectivity index (χ2v) is 22.2. The Balaban J connectivity index is 2.40. The van der Waals surface area contributed by atoms with Gasteiger partial charge in [-0.05, 0) is 86.8 Å². The maximum Gasteiger partial charge on any atom is 0.224 e. The van der Waals surface area contributed by atoms with Gasteiger partial charge in [0.25, 0.3) is 0 Å². The van der Waals surface area contributed by atoms with Crippen LogP contribution < -0.4 is 49.9 Å². The van der Waals surface area contributed by atoms with Gasteiger partial charge in [-0.3, -0.25) is 53.1 Å². The number of amides is 5. The molecule has 1 aromatic heterocycles. The first-order chi connectivity index (χ1) is 38.2. The van der Waals surface area contributed by atoms with E-state index in [1.165, 1.54) is 31.6 Å². The number of primary amides is 1. The molecule has 2 rings (SSSR count). The number of rotatable bonds is 41. The van der Waals surface area contributed by atoms with Crippen LogP contribution in [0.3, 0.4) is 0 Å². The number of nitrogens with zero attached hydrogens (tertiary/aromatic N) is 3. The van der Waals surface area contributed by atoms with Crippen molar-refractivity contribution >= 4 is 64.6 Å². The summed E-state index contributed by atoms with van der Waals surface area (Å²) < 4.78 is 0. The van der Waals surface area contributed by atoms with Crippen molar-refractivity contribution in [3.63, 3.8) is 0 Å². The van der Waals surface area contributed by atoms with E-state index >= 15 is 0 Å². The fourth-order valence-corrected chi connectivity index (χ4v) is 9.43. The number of aliphatic imine (C=N–C) groups is 2. The van der Waals surface area contributed by atoms with E-state index in [0.29, 0.717) is 31.4 Å². The number of hydrogen-bond donors (Lipinski definition) is 12. The molecule has 0 aliphatic heterocycles. The van der Waals surface area contributed by atoms with Gasteiger partial charge in [0.15, 0.2) is 35.1 Å². The van der Waals surface area contributed by atoms with Crippen molar-refractivity contribution in [2.75, 3.05) is 19.7 Å². The lowest BCUT2D eigenvalue weighted by atomic mass is 9.85. The number of nitrogens with two attached hydrogens (primary N) is 5. The maximum absolute atomic E-state index is 14.5. The van der Waals surface area contributed by atoms with E-state index in [1.54, 1.807) is 19.1 Å². The van der Waals surface area contributed by atoms with Crippen LogP contribution in [-0.2, 0) is 56.0 Å². The van der Waals surface area contributed by atoms with Gasteiger partial charge in [0.2, 0.25) is 29.5 Å². The molecule has 0 radical (unpaired) electrons. The van der Waals surface area contributed by atoms with Crippen molar-refractivity contribution in [1.82, 2.24) is 31.2 Å². The molecular formula is C57H93N13O11. The Morgan fingerprint density at radius 2 is 1.06 bits per heavy atom. The number of carbonyl (C=O) groups is 9. The summed E-state index contributed by atoms with van der Waals surface area (Å²) in [5, 5.41) is 31.1. The van der Waals surface area contributed by atoms with Crippen molar-refractivity contribution in [1.29, 1.82) is 0 Å². The zero-order valence-corrected chi connectivity index (χ0v) is 48.7. The number of guanidine groups is 2. The highest BCUT2D eigenvalue weighted by atomic mass is 16.3. The molecule has 0 unspecified atom stereocenters. The number of phenolic OH excluding ortho intramolecular Hbond substituents is 1. The summed E-state index contributed by atoms with van der Waals surface area (Å²) in [6.07, 6.45) is 3.95. The minimum atomic E-state index is -1.35. The second kappa shape index (κ2) is 36.2. The number of hydrogen-bond acceptors (Lipinski definition) is 14. The molecule has 0 fully saturated rings. The number of phenols is 1. The van der Waals surface area contributed by atoms with E-state index in [2.05, 4.69) is 41.2 Å². The number of aromatic hydroxyl groups is 1. The van der Waals surface area contributed by atoms with Crippen molar-refractivity contribution in [3.05, 3.63) is 48.0 Å². The highest BCUT2D eigenvalue weighted by Crippen LogP contribution is 2.24. The number of ketones is 4. The first-order valence-corrected chi connectivity index (χ1v) is 28.3. The number of Topliss-reactive ketones (excluding diaryl/α,β-unsaturated/α-hetero) is 4. The predicted molar refractivity (Wildman–Crippen MR) is 308 cm³/mol. The Labute approximate surface area is 476 Å². The summed E-state index contributed by atoms with van der Waals surface area (Å²) in [6.45, 7) is 13.9. The standard InChI is InChI=1S/C57H93N13O11/c1-9-34(7)42(51(58)77)28-50(76)46(30-71)70-54(80)38(21-32(3)4)26-49(75)45(22-33(5)6)69-52(78)35(8)23-47(73)43(13-11-19-64-56(59)60)68-55(81)39(25-40-29-63-31-66-40)27-48(74)44(14-12-20-65-57(61)62)67-53(79)37(10-2)24-36-15-17-41(72)18-16-36/h15-18,29,31-35,37-39,42-46,71-72H,9-14,19-28,30H2,1-8H3,(H2,58,77)(H,63,66)(H,67,79)(H,68,81)(H,69,78)(H,70,80)(H4,59,60,64)(H4,61,62,65)/t34-,35+,37-,38+,39+,42-,43-,44-,45-,46-/m0/s1. The number of nitrogens with one attached hydrogen (secondary N) is 5. The Morgan fingerprint density at radius 1 is 0.580 bits per heavy atom. The number of aromatic amines is 1. The molecule has 0 saturated carbocycles. The first-order valence-electron chi connectivity index (χ1n) is 28.3. The first kappa shape index (κ1) is 69.9. The van der Waals surface area contributed by atoms with Crippen LogP contribution in [0.2, 0.25) is 0 Å². The van der Waals surface area contributed by atoms with Gasteiger partial charge in [-0.2, -0.15) is 0 Å². The fourth-order valence-electron chi connectivity index (χ4n) is 9.43. The van der Waals surface area contributed by atoms with Crippen molar-refractivity contribution in [3.8, 4) is 5.75 Å². The van der Waals surface area contributed by atoms with Crippen LogP contribution >= 0.6 is 0 Å². The molecule has 24 nitrogen and oxygen atoms in total. The summed E-state index contributed by atoms with van der Waals surface area (Å²) in [7, 11) is 0. The number of imidazole rings is 1. The fraction of sp³-hybridized carbons (Fsp3) is 0.649. The zero-order chi connectivity index (χ0) is 60.9. The van der Waals surface area contributed by atoms with Crippen LogP contribution in [0.1, 0.15) is 144 Å². The predicted octanol–water partition coefficient (Wildman–Crippen LogP) is 1.91. The molecule has 452 valence electrons. The molecule has 2 aromatic rings. The highest BCUT2D eigenvalue weighted by Gasteiger charge is 2.36. The molecule has 5 amide bonds. The molecule has 10 atom stereocenters. The Kier molecular flexibility index (Phi) is 31.2. The molecule has 24 heteroatoms. The zero-order valence-electron chi connectivity index (χ0n) is 48.7. The Hall–Kier alpha value is -7.24. The van der Waals surface area contributed by atoms with E-state index in [-0.39, 0.29) is 119 Å². The molecule has 0 bridgehead atoms. The molecule has 1 aromatic carbocycles. The third-order valence-electron chi connectivity index (χ3n) is 14.4. The number of carbonyl (C=O) groups excluding carboxylic acids is 9. The summed E-state index contributed by atoms with van der Waals surface area (Å²) in [6, 6.07) is 1.78. The van der Waals surface area contributed by atoms with E-state index < -0.39 is 107 Å². The average molecular weight is 1140 g/mol. The quantitative estimate of drug-likeness (QED) is 0.0257. The number of benzene rings is 1. The third-order valence-corrected chi connectivity index (χ3v) is 14.4. The molecule has 0 aliphatic carbocycles. The maximum atomic E-state index is 14.5. The largest absolute Gasteiger partial charge is 0.508 e. The van der Waals surface area contributed by atoms with Gasteiger partial charge in [-0.25, -0.2) is 4.98 Å². The Morgan fingerprint density at radius 3 is 1.54 bits per heavy atom. The lowest BCUT2D eigenvalue weighted by molar-refractivity contribution is -0.136. The molecule has 1 heterocycles. The molecule has 0 saturated heterocycles. The number of aliphatic hydroxyl groups excluding tert-OH is 1. The lowest BCUT2D eigenvalue weighted by Gasteiger charge is -2.27. The minimum Gasteiger partial charge on any atom is -0.508 e. The number of aliphatic hydroxyl groups is 1. The van der Waals surface area contributed by atoms with Gasteiger partial charge in [-0.1, -0.05) is 73.9 Å². The molecule has 0 aliphatic rings. The van der Waals surface area contributed by atoms with E-state index in [9.17, 15) is 53.4 Å². The van der Waals surface area contributed by atoms with Crippen LogP contribution in [-0.4, -0.2) is 129 Å². The van der Waals surface area contributed by atoms with Gasteiger partial charge in [0.05, 0.1) is 37.0 Å². The normalized spacial score (nSPS) is 15.0. The average Bonchev–Trinajstić information content (AvgIpc) is 3.92. The summed E-state index contributed by atoms with van der Waals surface area (Å²) in [4.78, 5) is 140. The molecule has 17 N–H and O–H groups in total. The molecule has 0 spiro atoms. The van der Waals surface area contributed by atoms with Crippen LogP contribution in [0.25, 0.3) is 0 Å². The van der Waals surface area contributed by atoms with Crippen LogP contribution in [0.4, 0.5) is 0 Å². The number of aromatic nitrogens is 2. The summed E-state index contributed by atoms with van der Waals surface area (Å²) in [5.74, 6) is -10.2. The van der Waals surface area contributed by atoms with Crippen LogP contribution in [0, 0.1) is 47.3 Å². The van der Waals surface area contributed by atoms with Crippen LogP contribution in [0.15, 0.2) is 46.8 Å². The second-order valence-electron chi connectivity index (χ2n) is 22.2. The smallest absolute Gasteiger partial charge is 0.224 e. The van der Waals surface area contributed by atoms with E-state index in [1.807, 2.05) is 41.5 Å². The van der Waals surface area contributed by atoms with Crippen molar-refractivity contribution < 1.29 is 53.4 Å². The molecular weight excluding hydrogens is 1040 g/mol. The Bertz CT molecular complexity index is 2400. The van der Waals surface area contributed by atoms with Crippen molar-refractivity contribution in [2.45, 2.75) is 169 Å². The van der Waals surface area contributed by atoms with Gasteiger partial charge in [0.1, 0.15) is 11.8 Å². The highest BCUT2D eigenvalue weighted by molar-refractivity contribution is 5.98. The van der Waals surface area contributed by atoms with Gasteiger partial charge < -0.3 is 65.1 Å². The van der Waals surface area contributed by atoms with Gasteiger partial charge in [0, 0.05) is 80.8 Å². The molecule has 81 heavy (non-hydrogen) atoms. The van der Waals surface area contributed by atoms with Gasteiger partial charge in [-0.15, -0.1) is 0 Å².